The third-order valence-electron chi connectivity index (χ3n) is 3.63. The number of nitrogens with two attached hydrogens (primary N) is 1. The highest BCUT2D eigenvalue weighted by molar-refractivity contribution is 5.96. The first-order valence-corrected chi connectivity index (χ1v) is 7.21. The molecule has 1 fully saturated rings. The molecule has 0 saturated carbocycles. The van der Waals surface area contributed by atoms with Crippen LogP contribution in [0, 0.1) is 5.41 Å². The molecule has 0 aliphatic carbocycles. The average molecular weight is 306 g/mol. The van der Waals surface area contributed by atoms with Crippen molar-refractivity contribution in [2.45, 2.75) is 26.6 Å². The van der Waals surface area contributed by atoms with Crippen molar-refractivity contribution in [3.63, 3.8) is 0 Å². The summed E-state index contributed by atoms with van der Waals surface area (Å²) >= 11 is 0. The molecule has 1 aromatic carbocycles. The zero-order valence-corrected chi connectivity index (χ0v) is 13.1. The summed E-state index contributed by atoms with van der Waals surface area (Å²) in [5.41, 5.74) is 6.07. The summed E-state index contributed by atoms with van der Waals surface area (Å²) in [6.07, 6.45) is 0. The monoisotopic (exact) mass is 306 g/mol. The van der Waals surface area contributed by atoms with Crippen molar-refractivity contribution >= 4 is 11.8 Å². The van der Waals surface area contributed by atoms with Crippen LogP contribution in [0.1, 0.15) is 36.7 Å². The highest BCUT2D eigenvalue weighted by Crippen LogP contribution is 2.46. The Morgan fingerprint density at radius 3 is 2.18 bits per heavy atom. The fraction of sp³-hybridized carbons (Fsp3) is 0.500. The molecule has 0 radical (unpaired) electrons. The van der Waals surface area contributed by atoms with E-state index in [-0.39, 0.29) is 17.9 Å². The van der Waals surface area contributed by atoms with E-state index in [1.54, 1.807) is 12.1 Å². The van der Waals surface area contributed by atoms with Gasteiger partial charge in [-0.3, -0.25) is 9.59 Å². The molecule has 22 heavy (non-hydrogen) atoms. The topological polar surface area (TPSA) is 90.7 Å². The molecule has 0 atom stereocenters. The highest BCUT2D eigenvalue weighted by Gasteiger charge is 2.48. The predicted molar refractivity (Wildman–Crippen MR) is 81.0 cm³/mol. The van der Waals surface area contributed by atoms with Gasteiger partial charge in [0.2, 0.25) is 5.91 Å². The molecule has 6 nitrogen and oxygen atoms in total. The van der Waals surface area contributed by atoms with Crippen molar-refractivity contribution in [3.8, 4) is 0 Å². The molecule has 6 heteroatoms. The molecule has 0 spiro atoms. The van der Waals surface area contributed by atoms with E-state index >= 15 is 0 Å². The Balaban J connectivity index is 2.21. The number of hydrogen-bond donors (Lipinski definition) is 2. The number of benzene rings is 1. The van der Waals surface area contributed by atoms with Crippen LogP contribution in [0.5, 0.6) is 0 Å². The number of rotatable bonds is 4. The van der Waals surface area contributed by atoms with Gasteiger partial charge in [-0.2, -0.15) is 0 Å². The molecule has 120 valence electrons. The molecule has 1 aliphatic rings. The summed E-state index contributed by atoms with van der Waals surface area (Å²) in [5.74, 6) is -1.73. The maximum atomic E-state index is 11.9. The fourth-order valence-electron chi connectivity index (χ4n) is 2.56. The summed E-state index contributed by atoms with van der Waals surface area (Å²) in [4.78, 5) is 22.6. The van der Waals surface area contributed by atoms with Gasteiger partial charge in [-0.05, 0) is 12.1 Å². The minimum atomic E-state index is -0.810. The summed E-state index contributed by atoms with van der Waals surface area (Å²) in [7, 11) is 0. The first-order valence-electron chi connectivity index (χ1n) is 7.21. The van der Waals surface area contributed by atoms with Gasteiger partial charge in [-0.25, -0.2) is 0 Å². The molecule has 1 aliphatic heterocycles. The lowest BCUT2D eigenvalue weighted by atomic mass is 9.80. The third-order valence-corrected chi connectivity index (χ3v) is 3.63. The molecule has 1 aromatic rings. The van der Waals surface area contributed by atoms with E-state index in [0.29, 0.717) is 18.8 Å². The number of carbonyl (C=O) groups excluding carboxylic acids is 2. The zero-order chi connectivity index (χ0) is 16.4. The molecule has 0 unspecified atom stereocenters. The Labute approximate surface area is 130 Å². The smallest absolute Gasteiger partial charge is 0.251 e. The Bertz CT molecular complexity index is 555. The first kappa shape index (κ1) is 16.5. The van der Waals surface area contributed by atoms with Crippen LogP contribution in [0.3, 0.4) is 0 Å². The van der Waals surface area contributed by atoms with Gasteiger partial charge in [0, 0.05) is 16.5 Å². The minimum absolute atomic E-state index is 0.182. The predicted octanol–water partition coefficient (Wildman–Crippen LogP) is 1.15. The van der Waals surface area contributed by atoms with Crippen LogP contribution < -0.4 is 11.1 Å². The second kappa shape index (κ2) is 6.06. The molecule has 2 amide bonds. The van der Waals surface area contributed by atoms with Crippen LogP contribution >= 0.6 is 0 Å². The van der Waals surface area contributed by atoms with E-state index in [0.717, 1.165) is 5.56 Å². The minimum Gasteiger partial charge on any atom is -0.368 e. The van der Waals surface area contributed by atoms with Gasteiger partial charge >= 0.3 is 0 Å². The molecular formula is C16H22N2O4. The Morgan fingerprint density at radius 1 is 1.18 bits per heavy atom. The largest absolute Gasteiger partial charge is 0.368 e. The van der Waals surface area contributed by atoms with E-state index < -0.39 is 11.7 Å². The van der Waals surface area contributed by atoms with Gasteiger partial charge < -0.3 is 20.5 Å². The Hall–Kier alpha value is -1.92. The second-order valence-electron chi connectivity index (χ2n) is 6.29. The van der Waals surface area contributed by atoms with Gasteiger partial charge in [0.15, 0.2) is 5.79 Å². The molecule has 2 rings (SSSR count). The standard InChI is InChI=1S/C16H22N2O4/c1-15(2,3)16(21-8-9-22-16)12-6-4-11(5-7-12)14(20)18-10-13(17)19/h4-7H,8-10H2,1-3H3,(H2,17,19)(H,18,20). The van der Waals surface area contributed by atoms with Crippen LogP contribution in [0.25, 0.3) is 0 Å². The summed E-state index contributed by atoms with van der Waals surface area (Å²) in [6, 6.07) is 7.00. The van der Waals surface area contributed by atoms with Gasteiger partial charge in [0.1, 0.15) is 0 Å². The van der Waals surface area contributed by atoms with Crippen LogP contribution in [0.15, 0.2) is 24.3 Å². The van der Waals surface area contributed by atoms with Gasteiger partial charge in [-0.1, -0.05) is 32.9 Å². The number of ether oxygens (including phenoxy) is 2. The van der Waals surface area contributed by atoms with Crippen molar-refractivity contribution in [2.75, 3.05) is 19.8 Å². The van der Waals surface area contributed by atoms with E-state index in [4.69, 9.17) is 15.2 Å². The van der Waals surface area contributed by atoms with E-state index in [2.05, 4.69) is 5.32 Å². The zero-order valence-electron chi connectivity index (χ0n) is 13.1. The number of amides is 2. The maximum absolute atomic E-state index is 11.9. The summed E-state index contributed by atoms with van der Waals surface area (Å²) in [5, 5.41) is 2.45. The summed E-state index contributed by atoms with van der Waals surface area (Å²) < 4.78 is 11.8. The lowest BCUT2D eigenvalue weighted by molar-refractivity contribution is -0.232. The van der Waals surface area contributed by atoms with Gasteiger partial charge in [0.25, 0.3) is 5.91 Å². The highest BCUT2D eigenvalue weighted by atomic mass is 16.7. The first-order chi connectivity index (χ1) is 10.3. The molecule has 0 bridgehead atoms. The molecular weight excluding hydrogens is 284 g/mol. The fourth-order valence-corrected chi connectivity index (χ4v) is 2.56. The number of hydrogen-bond acceptors (Lipinski definition) is 4. The van der Waals surface area contributed by atoms with Crippen molar-refractivity contribution in [1.29, 1.82) is 0 Å². The van der Waals surface area contributed by atoms with Crippen molar-refractivity contribution in [1.82, 2.24) is 5.32 Å². The van der Waals surface area contributed by atoms with Crippen LogP contribution in [0.2, 0.25) is 0 Å². The van der Waals surface area contributed by atoms with E-state index in [1.807, 2.05) is 32.9 Å². The number of nitrogens with one attached hydrogen (secondary N) is 1. The number of carbonyl (C=O) groups is 2. The van der Waals surface area contributed by atoms with Gasteiger partial charge in [-0.15, -0.1) is 0 Å². The van der Waals surface area contributed by atoms with Crippen LogP contribution in [0.4, 0.5) is 0 Å². The van der Waals surface area contributed by atoms with Crippen molar-refractivity contribution in [3.05, 3.63) is 35.4 Å². The van der Waals surface area contributed by atoms with Crippen molar-refractivity contribution in [2.24, 2.45) is 11.1 Å². The Morgan fingerprint density at radius 2 is 1.73 bits per heavy atom. The lowest BCUT2D eigenvalue weighted by Gasteiger charge is -2.39. The SMILES string of the molecule is CC(C)(C)C1(c2ccc(C(=O)NCC(N)=O)cc2)OCCO1. The van der Waals surface area contributed by atoms with Gasteiger partial charge in [0.05, 0.1) is 19.8 Å². The average Bonchev–Trinajstić information content (AvgIpc) is 2.95. The molecule has 1 saturated heterocycles. The maximum Gasteiger partial charge on any atom is 0.251 e. The molecule has 1 heterocycles. The van der Waals surface area contributed by atoms with E-state index in [9.17, 15) is 9.59 Å². The quantitative estimate of drug-likeness (QED) is 0.873. The Kier molecular flexibility index (Phi) is 4.53. The number of primary amides is 1. The molecule has 3 N–H and O–H groups in total. The van der Waals surface area contributed by atoms with Crippen molar-refractivity contribution < 1.29 is 19.1 Å². The van der Waals surface area contributed by atoms with Crippen LogP contribution in [-0.4, -0.2) is 31.6 Å². The summed E-state index contributed by atoms with van der Waals surface area (Å²) in [6.45, 7) is 7.04. The lowest BCUT2D eigenvalue weighted by Crippen LogP contribution is -2.41. The third kappa shape index (κ3) is 3.13. The van der Waals surface area contributed by atoms with Crippen LogP contribution in [-0.2, 0) is 20.1 Å². The molecule has 0 aromatic heterocycles. The normalized spacial score (nSPS) is 17.2. The second-order valence-corrected chi connectivity index (χ2v) is 6.29. The van der Waals surface area contributed by atoms with E-state index in [1.165, 1.54) is 0 Å².